The van der Waals surface area contributed by atoms with Crippen LogP contribution in [0, 0.1) is 0 Å². The van der Waals surface area contributed by atoms with Crippen molar-refractivity contribution >= 4 is 25.7 Å². The molecular weight excluding hydrogens is 414 g/mol. The molecule has 1 heterocycles. The summed E-state index contributed by atoms with van der Waals surface area (Å²) in [6.45, 7) is 6.74. The molecule has 166 valence electrons. The fourth-order valence-electron chi connectivity index (χ4n) is 3.39. The largest absolute Gasteiger partial charge is 0.495 e. The van der Waals surface area contributed by atoms with Gasteiger partial charge in [0.05, 0.1) is 18.6 Å². The SMILES string of the molecule is CCCCN1CCC(NS(=O)(=O)c2ccc(NS(=O)(=O)CCC)cc2OC)CC1. The van der Waals surface area contributed by atoms with Gasteiger partial charge in [0.25, 0.3) is 0 Å². The van der Waals surface area contributed by atoms with Crippen LogP contribution in [0.25, 0.3) is 0 Å². The van der Waals surface area contributed by atoms with Crippen LogP contribution in [0.1, 0.15) is 46.0 Å². The summed E-state index contributed by atoms with van der Waals surface area (Å²) in [7, 11) is -5.88. The number of nitrogens with zero attached hydrogens (tertiary/aromatic N) is 1. The van der Waals surface area contributed by atoms with E-state index in [0.717, 1.165) is 45.3 Å². The standard InChI is InChI=1S/C19H33N3O5S2/c1-4-6-11-22-12-9-16(10-13-22)21-29(25,26)19-8-7-17(15-18(19)27-3)20-28(23,24)14-5-2/h7-8,15-16,20-21H,4-6,9-14H2,1-3H3. The van der Waals surface area contributed by atoms with E-state index in [0.29, 0.717) is 6.42 Å². The summed E-state index contributed by atoms with van der Waals surface area (Å²) in [6, 6.07) is 4.10. The molecule has 10 heteroatoms. The molecule has 0 radical (unpaired) electrons. The third-order valence-electron chi connectivity index (χ3n) is 4.94. The van der Waals surface area contributed by atoms with E-state index in [1.54, 1.807) is 6.92 Å². The maximum absolute atomic E-state index is 12.9. The van der Waals surface area contributed by atoms with Crippen LogP contribution >= 0.6 is 0 Å². The molecule has 1 aliphatic heterocycles. The highest BCUT2D eigenvalue weighted by Crippen LogP contribution is 2.28. The van der Waals surface area contributed by atoms with Gasteiger partial charge in [0, 0.05) is 12.1 Å². The predicted molar refractivity (Wildman–Crippen MR) is 115 cm³/mol. The molecule has 29 heavy (non-hydrogen) atoms. The average Bonchev–Trinajstić information content (AvgIpc) is 2.66. The van der Waals surface area contributed by atoms with Crippen LogP contribution in [0.5, 0.6) is 5.75 Å². The van der Waals surface area contributed by atoms with Gasteiger partial charge in [0.1, 0.15) is 10.6 Å². The molecule has 0 bridgehead atoms. The third-order valence-corrected chi connectivity index (χ3v) is 7.99. The number of piperidine rings is 1. The normalized spacial score (nSPS) is 16.7. The zero-order chi connectivity index (χ0) is 21.5. The minimum atomic E-state index is -3.78. The van der Waals surface area contributed by atoms with Crippen LogP contribution in [0.15, 0.2) is 23.1 Å². The number of sulfonamides is 2. The predicted octanol–water partition coefficient (Wildman–Crippen LogP) is 2.39. The molecule has 1 aromatic carbocycles. The van der Waals surface area contributed by atoms with Gasteiger partial charge in [-0.2, -0.15) is 0 Å². The quantitative estimate of drug-likeness (QED) is 0.540. The lowest BCUT2D eigenvalue weighted by molar-refractivity contribution is 0.205. The van der Waals surface area contributed by atoms with Crippen LogP contribution in [-0.4, -0.2) is 60.3 Å². The highest BCUT2D eigenvalue weighted by atomic mass is 32.2. The Morgan fingerprint density at radius 2 is 1.79 bits per heavy atom. The Morgan fingerprint density at radius 3 is 2.38 bits per heavy atom. The van der Waals surface area contributed by atoms with Gasteiger partial charge in [0.2, 0.25) is 20.0 Å². The monoisotopic (exact) mass is 447 g/mol. The van der Waals surface area contributed by atoms with Gasteiger partial charge in [-0.05, 0) is 57.5 Å². The summed E-state index contributed by atoms with van der Waals surface area (Å²) >= 11 is 0. The molecule has 0 aromatic heterocycles. The lowest BCUT2D eigenvalue weighted by Gasteiger charge is -2.32. The van der Waals surface area contributed by atoms with E-state index in [4.69, 9.17) is 4.74 Å². The van der Waals surface area contributed by atoms with Crippen LogP contribution < -0.4 is 14.2 Å². The van der Waals surface area contributed by atoms with E-state index in [2.05, 4.69) is 21.3 Å². The van der Waals surface area contributed by atoms with E-state index in [9.17, 15) is 16.8 Å². The first-order valence-corrected chi connectivity index (χ1v) is 13.3. The van der Waals surface area contributed by atoms with Crippen molar-refractivity contribution in [3.63, 3.8) is 0 Å². The Labute approximate surface area is 175 Å². The summed E-state index contributed by atoms with van der Waals surface area (Å²) < 4.78 is 60.1. The highest BCUT2D eigenvalue weighted by Gasteiger charge is 2.27. The van der Waals surface area contributed by atoms with E-state index in [1.807, 2.05) is 0 Å². The van der Waals surface area contributed by atoms with Crippen molar-refractivity contribution in [2.45, 2.75) is 56.9 Å². The van der Waals surface area contributed by atoms with Gasteiger partial charge in [-0.1, -0.05) is 20.3 Å². The van der Waals surface area contributed by atoms with Crippen LogP contribution in [0.4, 0.5) is 5.69 Å². The zero-order valence-corrected chi connectivity index (χ0v) is 19.1. The number of hydrogen-bond donors (Lipinski definition) is 2. The molecular formula is C19H33N3O5S2. The molecule has 2 N–H and O–H groups in total. The molecule has 1 fully saturated rings. The Morgan fingerprint density at radius 1 is 1.10 bits per heavy atom. The lowest BCUT2D eigenvalue weighted by atomic mass is 10.1. The topological polar surface area (TPSA) is 105 Å². The Balaban J connectivity index is 2.08. The molecule has 1 saturated heterocycles. The molecule has 8 nitrogen and oxygen atoms in total. The summed E-state index contributed by atoms with van der Waals surface area (Å²) in [4.78, 5) is 2.37. The highest BCUT2D eigenvalue weighted by molar-refractivity contribution is 7.92. The number of methoxy groups -OCH3 is 1. The van der Waals surface area contributed by atoms with Gasteiger partial charge in [-0.15, -0.1) is 0 Å². The van der Waals surface area contributed by atoms with Crippen LogP contribution in [0.3, 0.4) is 0 Å². The number of nitrogens with one attached hydrogen (secondary N) is 2. The first-order chi connectivity index (χ1) is 13.7. The van der Waals surface area contributed by atoms with Crippen molar-refractivity contribution in [2.24, 2.45) is 0 Å². The van der Waals surface area contributed by atoms with E-state index in [-0.39, 0.29) is 28.1 Å². The van der Waals surface area contributed by atoms with Gasteiger partial charge >= 0.3 is 0 Å². The summed E-state index contributed by atoms with van der Waals surface area (Å²) in [5, 5.41) is 0. The van der Waals surface area contributed by atoms with Crippen LogP contribution in [0.2, 0.25) is 0 Å². The smallest absolute Gasteiger partial charge is 0.244 e. The lowest BCUT2D eigenvalue weighted by Crippen LogP contribution is -2.44. The number of hydrogen-bond acceptors (Lipinski definition) is 6. The van der Waals surface area contributed by atoms with Gasteiger partial charge < -0.3 is 9.64 Å². The number of unbranched alkanes of at least 4 members (excludes halogenated alkanes) is 1. The molecule has 0 saturated carbocycles. The number of ether oxygens (including phenoxy) is 1. The van der Waals surface area contributed by atoms with Gasteiger partial charge in [0.15, 0.2) is 0 Å². The second-order valence-electron chi connectivity index (χ2n) is 7.38. The summed E-state index contributed by atoms with van der Waals surface area (Å²) in [6.07, 6.45) is 4.32. The van der Waals surface area contributed by atoms with Gasteiger partial charge in [-0.25, -0.2) is 21.6 Å². The molecule has 0 atom stereocenters. The van der Waals surface area contributed by atoms with Crippen molar-refractivity contribution in [3.05, 3.63) is 18.2 Å². The summed E-state index contributed by atoms with van der Waals surface area (Å²) in [5.74, 6) is 0.100. The zero-order valence-electron chi connectivity index (χ0n) is 17.5. The summed E-state index contributed by atoms with van der Waals surface area (Å²) in [5.41, 5.74) is 0.276. The third kappa shape index (κ3) is 7.13. The van der Waals surface area contributed by atoms with Crippen LogP contribution in [-0.2, 0) is 20.0 Å². The molecule has 1 aromatic rings. The van der Waals surface area contributed by atoms with E-state index >= 15 is 0 Å². The molecule has 2 rings (SSSR count). The number of anilines is 1. The maximum Gasteiger partial charge on any atom is 0.244 e. The molecule has 0 aliphatic carbocycles. The van der Waals surface area contributed by atoms with Crippen molar-refractivity contribution in [1.82, 2.24) is 9.62 Å². The Bertz CT molecular complexity index is 864. The van der Waals surface area contributed by atoms with Crippen molar-refractivity contribution in [2.75, 3.05) is 37.2 Å². The van der Waals surface area contributed by atoms with E-state index < -0.39 is 20.0 Å². The van der Waals surface area contributed by atoms with E-state index in [1.165, 1.54) is 25.3 Å². The van der Waals surface area contributed by atoms with Crippen molar-refractivity contribution < 1.29 is 21.6 Å². The van der Waals surface area contributed by atoms with Gasteiger partial charge in [-0.3, -0.25) is 4.72 Å². The first-order valence-electron chi connectivity index (χ1n) is 10.1. The minimum Gasteiger partial charge on any atom is -0.495 e. The number of benzene rings is 1. The molecule has 0 amide bonds. The van der Waals surface area contributed by atoms with Crippen molar-refractivity contribution in [3.8, 4) is 5.75 Å². The minimum absolute atomic E-state index is 0.00608. The second-order valence-corrected chi connectivity index (χ2v) is 10.9. The fourth-order valence-corrected chi connectivity index (χ4v) is 5.97. The Hall–Kier alpha value is -1.36. The fraction of sp³-hybridized carbons (Fsp3) is 0.684. The Kier molecular flexibility index (Phi) is 8.74. The first kappa shape index (κ1) is 23.9. The average molecular weight is 448 g/mol. The maximum atomic E-state index is 12.9. The number of likely N-dealkylation sites (tertiary alicyclic amines) is 1. The number of rotatable bonds is 11. The van der Waals surface area contributed by atoms with Crippen molar-refractivity contribution in [1.29, 1.82) is 0 Å². The molecule has 1 aliphatic rings. The molecule has 0 spiro atoms. The second kappa shape index (κ2) is 10.6. The molecule has 0 unspecified atom stereocenters.